The Morgan fingerprint density at radius 1 is 1.44 bits per heavy atom. The minimum absolute atomic E-state index is 0.0902. The predicted molar refractivity (Wildman–Crippen MR) is 53.6 cm³/mol. The maximum absolute atomic E-state index is 10.7. The highest BCUT2D eigenvalue weighted by atomic mass is 16.4. The first-order valence-corrected chi connectivity index (χ1v) is 4.49. The molecule has 0 atom stereocenters. The SMILES string of the molecule is O=C(O)c1cn2c(nc3ccc(O)cc32)o1. The van der Waals surface area contributed by atoms with Crippen molar-refractivity contribution in [2.75, 3.05) is 0 Å². The Kier molecular flexibility index (Phi) is 1.51. The molecular formula is C10H6N2O4. The standard InChI is InChI=1S/C10H6N2O4/c13-5-1-2-6-7(3-5)12-4-8(9(14)15)16-10(12)11-6/h1-4,13H,(H,14,15). The van der Waals surface area contributed by atoms with Gasteiger partial charge in [-0.25, -0.2) is 4.79 Å². The Bertz CT molecular complexity index is 710. The lowest BCUT2D eigenvalue weighted by atomic mass is 10.3. The van der Waals surface area contributed by atoms with Crippen LogP contribution in [0, 0.1) is 0 Å². The number of fused-ring (bicyclic) bond motifs is 3. The minimum atomic E-state index is -1.15. The maximum Gasteiger partial charge on any atom is 0.373 e. The number of nitrogens with zero attached hydrogens (tertiary/aromatic N) is 2. The first-order valence-electron chi connectivity index (χ1n) is 4.49. The molecule has 0 aliphatic heterocycles. The number of carboxylic acids is 1. The molecule has 80 valence electrons. The van der Waals surface area contributed by atoms with Gasteiger partial charge in [0.25, 0.3) is 0 Å². The normalized spacial score (nSPS) is 11.2. The number of benzene rings is 1. The van der Waals surface area contributed by atoms with Gasteiger partial charge in [0.05, 0.1) is 17.2 Å². The fourth-order valence-corrected chi connectivity index (χ4v) is 1.60. The molecule has 0 bridgehead atoms. The summed E-state index contributed by atoms with van der Waals surface area (Å²) in [6.45, 7) is 0. The number of carboxylic acid groups (broad SMARTS) is 1. The van der Waals surface area contributed by atoms with Crippen molar-refractivity contribution in [2.24, 2.45) is 0 Å². The van der Waals surface area contributed by atoms with Crippen LogP contribution in [-0.2, 0) is 0 Å². The predicted octanol–water partition coefficient (Wildman–Crippen LogP) is 1.48. The molecule has 1 aromatic carbocycles. The second kappa shape index (κ2) is 2.75. The van der Waals surface area contributed by atoms with Gasteiger partial charge >= 0.3 is 11.8 Å². The van der Waals surface area contributed by atoms with Gasteiger partial charge in [0.15, 0.2) is 0 Å². The summed E-state index contributed by atoms with van der Waals surface area (Å²) in [7, 11) is 0. The Morgan fingerprint density at radius 3 is 3.00 bits per heavy atom. The van der Waals surface area contributed by atoms with Crippen LogP contribution in [0.1, 0.15) is 10.6 Å². The number of imidazole rings is 1. The lowest BCUT2D eigenvalue weighted by molar-refractivity contribution is 0.0664. The van der Waals surface area contributed by atoms with Crippen molar-refractivity contribution >= 4 is 22.8 Å². The van der Waals surface area contributed by atoms with Crippen molar-refractivity contribution < 1.29 is 19.4 Å². The van der Waals surface area contributed by atoms with Crippen LogP contribution in [0.25, 0.3) is 16.9 Å². The van der Waals surface area contributed by atoms with E-state index in [9.17, 15) is 9.90 Å². The van der Waals surface area contributed by atoms with E-state index >= 15 is 0 Å². The summed E-state index contributed by atoms with van der Waals surface area (Å²) in [5, 5.41) is 18.1. The van der Waals surface area contributed by atoms with E-state index in [2.05, 4.69) is 4.98 Å². The molecule has 6 heteroatoms. The molecule has 0 unspecified atom stereocenters. The summed E-state index contributed by atoms with van der Waals surface area (Å²) in [6.07, 6.45) is 1.33. The quantitative estimate of drug-likeness (QED) is 0.645. The second-order valence-electron chi connectivity index (χ2n) is 3.34. The van der Waals surface area contributed by atoms with Gasteiger partial charge in [0.2, 0.25) is 5.76 Å². The summed E-state index contributed by atoms with van der Waals surface area (Å²) in [6, 6.07) is 4.64. The number of hydrogen-bond acceptors (Lipinski definition) is 4. The van der Waals surface area contributed by atoms with E-state index in [1.54, 1.807) is 6.07 Å². The third-order valence-electron chi connectivity index (χ3n) is 2.30. The summed E-state index contributed by atoms with van der Waals surface area (Å²) in [4.78, 5) is 14.8. The van der Waals surface area contributed by atoms with Crippen LogP contribution < -0.4 is 0 Å². The van der Waals surface area contributed by atoms with Crippen molar-refractivity contribution in [3.05, 3.63) is 30.2 Å². The van der Waals surface area contributed by atoms with Crippen LogP contribution in [0.5, 0.6) is 5.75 Å². The molecule has 0 aliphatic rings. The molecule has 0 saturated carbocycles. The van der Waals surface area contributed by atoms with E-state index < -0.39 is 5.97 Å². The van der Waals surface area contributed by atoms with E-state index in [0.717, 1.165) is 0 Å². The van der Waals surface area contributed by atoms with Crippen molar-refractivity contribution in [2.45, 2.75) is 0 Å². The number of aromatic carboxylic acids is 1. The molecule has 0 fully saturated rings. The van der Waals surface area contributed by atoms with E-state index in [1.807, 2.05) is 0 Å². The van der Waals surface area contributed by atoms with E-state index in [4.69, 9.17) is 9.52 Å². The zero-order chi connectivity index (χ0) is 11.3. The number of rotatable bonds is 1. The zero-order valence-electron chi connectivity index (χ0n) is 7.91. The van der Waals surface area contributed by atoms with Gasteiger partial charge in [0.1, 0.15) is 5.75 Å². The lowest BCUT2D eigenvalue weighted by Crippen LogP contribution is -1.92. The van der Waals surface area contributed by atoms with Crippen LogP contribution in [-0.4, -0.2) is 25.6 Å². The van der Waals surface area contributed by atoms with Crippen LogP contribution in [0.4, 0.5) is 0 Å². The van der Waals surface area contributed by atoms with Crippen LogP contribution in [0.2, 0.25) is 0 Å². The molecule has 3 aromatic rings. The van der Waals surface area contributed by atoms with Gasteiger partial charge < -0.3 is 14.6 Å². The molecule has 2 aromatic heterocycles. The Labute approximate surface area is 88.4 Å². The molecule has 16 heavy (non-hydrogen) atoms. The first kappa shape index (κ1) is 8.78. The topological polar surface area (TPSA) is 88.0 Å². The average molecular weight is 218 g/mol. The van der Waals surface area contributed by atoms with Crippen molar-refractivity contribution in [1.29, 1.82) is 0 Å². The molecule has 2 N–H and O–H groups in total. The zero-order valence-corrected chi connectivity index (χ0v) is 7.91. The Balaban J connectivity index is 2.40. The fraction of sp³-hybridized carbons (Fsp3) is 0. The number of phenolic OH excluding ortho intramolecular Hbond substituents is 1. The molecule has 0 aliphatic carbocycles. The second-order valence-corrected chi connectivity index (χ2v) is 3.34. The number of phenols is 1. The highest BCUT2D eigenvalue weighted by molar-refractivity contribution is 5.86. The summed E-state index contributed by atoms with van der Waals surface area (Å²) in [5.41, 5.74) is 1.24. The van der Waals surface area contributed by atoms with Crippen molar-refractivity contribution in [3.63, 3.8) is 0 Å². The van der Waals surface area contributed by atoms with Gasteiger partial charge in [-0.15, -0.1) is 0 Å². The monoisotopic (exact) mass is 218 g/mol. The molecule has 0 spiro atoms. The maximum atomic E-state index is 10.7. The number of hydrogen-bond donors (Lipinski definition) is 2. The number of oxazole rings is 1. The summed E-state index contributed by atoms with van der Waals surface area (Å²) < 4.78 is 6.51. The largest absolute Gasteiger partial charge is 0.508 e. The molecule has 2 heterocycles. The third-order valence-corrected chi connectivity index (χ3v) is 2.30. The van der Waals surface area contributed by atoms with Gasteiger partial charge in [-0.05, 0) is 12.1 Å². The highest BCUT2D eigenvalue weighted by Crippen LogP contribution is 2.22. The molecular weight excluding hydrogens is 212 g/mol. The number of aromatic nitrogens is 2. The molecule has 0 saturated heterocycles. The highest BCUT2D eigenvalue weighted by Gasteiger charge is 2.14. The minimum Gasteiger partial charge on any atom is -0.508 e. The summed E-state index contributed by atoms with van der Waals surface area (Å²) >= 11 is 0. The number of carbonyl (C=O) groups is 1. The van der Waals surface area contributed by atoms with Gasteiger partial charge in [-0.1, -0.05) is 0 Å². The van der Waals surface area contributed by atoms with Gasteiger partial charge in [-0.2, -0.15) is 4.98 Å². The van der Waals surface area contributed by atoms with E-state index in [0.29, 0.717) is 11.0 Å². The summed E-state index contributed by atoms with van der Waals surface area (Å²) in [5.74, 6) is -1.06. The molecule has 0 radical (unpaired) electrons. The Morgan fingerprint density at radius 2 is 2.25 bits per heavy atom. The van der Waals surface area contributed by atoms with Gasteiger partial charge in [0, 0.05) is 6.07 Å². The van der Waals surface area contributed by atoms with Crippen molar-refractivity contribution in [3.8, 4) is 5.75 Å². The van der Waals surface area contributed by atoms with E-state index in [1.165, 1.54) is 22.7 Å². The van der Waals surface area contributed by atoms with Crippen LogP contribution >= 0.6 is 0 Å². The average Bonchev–Trinajstić information content (AvgIpc) is 2.75. The van der Waals surface area contributed by atoms with Crippen LogP contribution in [0.3, 0.4) is 0 Å². The van der Waals surface area contributed by atoms with Crippen LogP contribution in [0.15, 0.2) is 28.8 Å². The lowest BCUT2D eigenvalue weighted by Gasteiger charge is -1.91. The number of aromatic hydroxyl groups is 1. The molecule has 6 nitrogen and oxygen atoms in total. The van der Waals surface area contributed by atoms with Crippen molar-refractivity contribution in [1.82, 2.24) is 9.38 Å². The third kappa shape index (κ3) is 1.07. The Hall–Kier alpha value is -2.50. The molecule has 0 amide bonds. The fourth-order valence-electron chi connectivity index (χ4n) is 1.60. The van der Waals surface area contributed by atoms with Gasteiger partial charge in [-0.3, -0.25) is 4.40 Å². The molecule has 3 rings (SSSR count). The first-order chi connectivity index (χ1) is 7.65. The van der Waals surface area contributed by atoms with E-state index in [-0.39, 0.29) is 17.4 Å². The smallest absolute Gasteiger partial charge is 0.373 e.